The Hall–Kier alpha value is -3.15. The average molecular weight is 462 g/mol. The average Bonchev–Trinajstić information content (AvgIpc) is 2.80. The van der Waals surface area contributed by atoms with E-state index in [1.807, 2.05) is 47.4 Å². The van der Waals surface area contributed by atoms with E-state index < -0.39 is 0 Å². The topological polar surface area (TPSA) is 64.4 Å². The number of hydrogen-bond acceptors (Lipinski definition) is 4. The standard InChI is InChI=1S/C28H35N3O3/c1-5-23(30(18-17-19(2)3)27(32)20-11-10-12-20)26-29-22-14-7-6-13-21(22)28(33)31(26)24-15-8-9-16-25(24)34-4/h6-9,13-16,19-20,23H,5,10-12,17-18H2,1-4H3. The Morgan fingerprint density at radius 2 is 1.85 bits per heavy atom. The van der Waals surface area contributed by atoms with Gasteiger partial charge in [0.05, 0.1) is 29.7 Å². The monoisotopic (exact) mass is 461 g/mol. The van der Waals surface area contributed by atoms with E-state index in [1.54, 1.807) is 17.7 Å². The third-order valence-corrected chi connectivity index (χ3v) is 6.87. The van der Waals surface area contributed by atoms with Gasteiger partial charge in [0, 0.05) is 12.5 Å². The van der Waals surface area contributed by atoms with Crippen molar-refractivity contribution in [1.82, 2.24) is 14.5 Å². The van der Waals surface area contributed by atoms with E-state index in [0.29, 0.717) is 47.0 Å². The highest BCUT2D eigenvalue weighted by atomic mass is 16.5. The predicted molar refractivity (Wildman–Crippen MR) is 135 cm³/mol. The zero-order valence-electron chi connectivity index (χ0n) is 20.7. The SMILES string of the molecule is CCC(c1nc2ccccc2c(=O)n1-c1ccccc1OC)N(CCC(C)C)C(=O)C1CCC1. The van der Waals surface area contributed by atoms with Crippen molar-refractivity contribution in [1.29, 1.82) is 0 Å². The molecule has 0 bridgehead atoms. The first kappa shape index (κ1) is 24.0. The summed E-state index contributed by atoms with van der Waals surface area (Å²) >= 11 is 0. The Labute approximate surface area is 201 Å². The molecule has 1 aliphatic carbocycles. The number of rotatable bonds is 9. The van der Waals surface area contributed by atoms with Crippen molar-refractivity contribution in [2.45, 2.75) is 58.9 Å². The Morgan fingerprint density at radius 3 is 2.50 bits per heavy atom. The number of ether oxygens (including phenoxy) is 1. The number of carbonyl (C=O) groups excluding carboxylic acids is 1. The van der Waals surface area contributed by atoms with Gasteiger partial charge in [-0.05, 0) is 55.9 Å². The maximum atomic E-state index is 13.9. The van der Waals surface area contributed by atoms with Crippen LogP contribution in [-0.4, -0.2) is 34.0 Å². The summed E-state index contributed by atoms with van der Waals surface area (Å²) in [6.45, 7) is 7.06. The van der Waals surface area contributed by atoms with Gasteiger partial charge in [0.2, 0.25) is 5.91 Å². The molecule has 1 saturated carbocycles. The fraction of sp³-hybridized carbons (Fsp3) is 0.464. The number of para-hydroxylation sites is 3. The lowest BCUT2D eigenvalue weighted by Gasteiger charge is -2.37. The number of carbonyl (C=O) groups is 1. The molecule has 0 saturated heterocycles. The maximum Gasteiger partial charge on any atom is 0.266 e. The second kappa shape index (κ2) is 10.4. The molecule has 34 heavy (non-hydrogen) atoms. The van der Waals surface area contributed by atoms with Crippen LogP contribution in [0.15, 0.2) is 53.3 Å². The third kappa shape index (κ3) is 4.59. The van der Waals surface area contributed by atoms with Crippen molar-refractivity contribution in [3.63, 3.8) is 0 Å². The zero-order chi connectivity index (χ0) is 24.2. The molecule has 2 aromatic carbocycles. The van der Waals surface area contributed by atoms with Crippen molar-refractivity contribution in [3.05, 3.63) is 64.7 Å². The Kier molecular flexibility index (Phi) is 7.35. The molecule has 180 valence electrons. The Balaban J connectivity index is 1.94. The van der Waals surface area contributed by atoms with Gasteiger partial charge in [-0.2, -0.15) is 0 Å². The van der Waals surface area contributed by atoms with Gasteiger partial charge in [0.15, 0.2) is 0 Å². The largest absolute Gasteiger partial charge is 0.495 e. The molecular formula is C28H35N3O3. The highest BCUT2D eigenvalue weighted by molar-refractivity contribution is 5.81. The molecule has 6 nitrogen and oxygen atoms in total. The summed E-state index contributed by atoms with van der Waals surface area (Å²) in [4.78, 5) is 34.5. The molecule has 1 heterocycles. The van der Waals surface area contributed by atoms with Crippen LogP contribution in [-0.2, 0) is 4.79 Å². The first-order chi connectivity index (χ1) is 16.5. The van der Waals surface area contributed by atoms with Gasteiger partial charge >= 0.3 is 0 Å². The van der Waals surface area contributed by atoms with Gasteiger partial charge in [0.1, 0.15) is 11.6 Å². The van der Waals surface area contributed by atoms with Crippen molar-refractivity contribution in [2.24, 2.45) is 11.8 Å². The lowest BCUT2D eigenvalue weighted by Crippen LogP contribution is -2.44. The molecule has 0 radical (unpaired) electrons. The number of nitrogens with zero attached hydrogens (tertiary/aromatic N) is 3. The quantitative estimate of drug-likeness (QED) is 0.421. The molecule has 0 N–H and O–H groups in total. The highest BCUT2D eigenvalue weighted by Crippen LogP contribution is 2.34. The van der Waals surface area contributed by atoms with Gasteiger partial charge in [-0.3, -0.25) is 14.2 Å². The summed E-state index contributed by atoms with van der Waals surface area (Å²) in [5.41, 5.74) is 1.14. The van der Waals surface area contributed by atoms with Crippen molar-refractivity contribution < 1.29 is 9.53 Å². The van der Waals surface area contributed by atoms with E-state index in [9.17, 15) is 9.59 Å². The summed E-state index contributed by atoms with van der Waals surface area (Å²) in [6, 6.07) is 14.6. The zero-order valence-corrected chi connectivity index (χ0v) is 20.7. The van der Waals surface area contributed by atoms with E-state index in [4.69, 9.17) is 9.72 Å². The number of hydrogen-bond donors (Lipinski definition) is 0. The lowest BCUT2D eigenvalue weighted by atomic mass is 9.83. The van der Waals surface area contributed by atoms with Gasteiger partial charge in [-0.15, -0.1) is 0 Å². The van der Waals surface area contributed by atoms with E-state index in [1.165, 1.54) is 0 Å². The lowest BCUT2D eigenvalue weighted by molar-refractivity contribution is -0.141. The van der Waals surface area contributed by atoms with Crippen LogP contribution >= 0.6 is 0 Å². The van der Waals surface area contributed by atoms with Gasteiger partial charge in [-0.25, -0.2) is 4.98 Å². The third-order valence-electron chi connectivity index (χ3n) is 6.87. The highest BCUT2D eigenvalue weighted by Gasteiger charge is 2.35. The number of fused-ring (bicyclic) bond motifs is 1. The minimum absolute atomic E-state index is 0.0769. The van der Waals surface area contributed by atoms with E-state index in [-0.39, 0.29) is 23.4 Å². The molecule has 1 aliphatic rings. The van der Waals surface area contributed by atoms with E-state index >= 15 is 0 Å². The number of aromatic nitrogens is 2. The van der Waals surface area contributed by atoms with E-state index in [2.05, 4.69) is 20.8 Å². The second-order valence-electron chi connectivity index (χ2n) is 9.57. The number of methoxy groups -OCH3 is 1. The van der Waals surface area contributed by atoms with Crippen LogP contribution in [0.2, 0.25) is 0 Å². The molecule has 1 aromatic heterocycles. The fourth-order valence-electron chi connectivity index (χ4n) is 4.67. The molecule has 1 unspecified atom stereocenters. The van der Waals surface area contributed by atoms with Gasteiger partial charge in [-0.1, -0.05) is 51.5 Å². The van der Waals surface area contributed by atoms with Crippen LogP contribution in [0.3, 0.4) is 0 Å². The molecule has 4 rings (SSSR count). The maximum absolute atomic E-state index is 13.9. The fourth-order valence-corrected chi connectivity index (χ4v) is 4.67. The first-order valence-electron chi connectivity index (χ1n) is 12.4. The summed E-state index contributed by atoms with van der Waals surface area (Å²) in [5.74, 6) is 1.92. The van der Waals surface area contributed by atoms with Crippen LogP contribution in [0.25, 0.3) is 16.6 Å². The molecule has 3 aromatic rings. The van der Waals surface area contributed by atoms with Crippen LogP contribution < -0.4 is 10.3 Å². The summed E-state index contributed by atoms with van der Waals surface area (Å²) in [7, 11) is 1.60. The minimum Gasteiger partial charge on any atom is -0.495 e. The van der Waals surface area contributed by atoms with Crippen LogP contribution in [0, 0.1) is 11.8 Å². The summed E-state index contributed by atoms with van der Waals surface area (Å²) in [5, 5.41) is 0.547. The molecule has 1 amide bonds. The summed E-state index contributed by atoms with van der Waals surface area (Å²) < 4.78 is 7.28. The van der Waals surface area contributed by atoms with Crippen LogP contribution in [0.5, 0.6) is 5.75 Å². The summed E-state index contributed by atoms with van der Waals surface area (Å²) in [6.07, 6.45) is 4.55. The number of benzene rings is 2. The van der Waals surface area contributed by atoms with Gasteiger partial charge < -0.3 is 9.64 Å². The minimum atomic E-state index is -0.311. The van der Waals surface area contributed by atoms with Gasteiger partial charge in [0.25, 0.3) is 5.56 Å². The molecular weight excluding hydrogens is 426 g/mol. The Bertz CT molecular complexity index is 1210. The van der Waals surface area contributed by atoms with Crippen molar-refractivity contribution in [2.75, 3.05) is 13.7 Å². The van der Waals surface area contributed by atoms with E-state index in [0.717, 1.165) is 25.7 Å². The molecule has 0 aliphatic heterocycles. The second-order valence-corrected chi connectivity index (χ2v) is 9.57. The number of amides is 1. The first-order valence-corrected chi connectivity index (χ1v) is 12.4. The molecule has 1 atom stereocenters. The van der Waals surface area contributed by atoms with Crippen molar-refractivity contribution in [3.8, 4) is 11.4 Å². The Morgan fingerprint density at radius 1 is 1.15 bits per heavy atom. The van der Waals surface area contributed by atoms with Crippen LogP contribution in [0.1, 0.15) is 64.7 Å². The molecule has 6 heteroatoms. The molecule has 1 fully saturated rings. The normalized spacial score (nSPS) is 14.7. The van der Waals surface area contributed by atoms with Crippen molar-refractivity contribution >= 4 is 16.8 Å². The molecule has 0 spiro atoms. The van der Waals surface area contributed by atoms with Crippen LogP contribution in [0.4, 0.5) is 0 Å². The smallest absolute Gasteiger partial charge is 0.266 e. The predicted octanol–water partition coefficient (Wildman–Crippen LogP) is 5.52.